The number of rotatable bonds is 4. The highest BCUT2D eigenvalue weighted by molar-refractivity contribution is 4.88. The molecule has 2 aliphatic rings. The van der Waals surface area contributed by atoms with Crippen molar-refractivity contribution in [1.29, 1.82) is 0 Å². The zero-order chi connectivity index (χ0) is 11.4. The van der Waals surface area contributed by atoms with Gasteiger partial charge in [0.25, 0.3) is 0 Å². The summed E-state index contributed by atoms with van der Waals surface area (Å²) in [5.74, 6) is 0. The van der Waals surface area contributed by atoms with Crippen LogP contribution in [0.2, 0.25) is 0 Å². The molecule has 1 unspecified atom stereocenters. The summed E-state index contributed by atoms with van der Waals surface area (Å²) in [6.45, 7) is 5.87. The first kappa shape index (κ1) is 12.3. The lowest BCUT2D eigenvalue weighted by Crippen LogP contribution is -2.45. The third-order valence-corrected chi connectivity index (χ3v) is 4.11. The maximum absolute atomic E-state index is 5.97. The van der Waals surface area contributed by atoms with E-state index in [-0.39, 0.29) is 0 Å². The SMILES string of the molecule is COC1CCN(CC2(CN)CCOCC2)C1. The van der Waals surface area contributed by atoms with E-state index < -0.39 is 0 Å². The van der Waals surface area contributed by atoms with Gasteiger partial charge in [0.1, 0.15) is 0 Å². The molecular formula is C12H24N2O2. The van der Waals surface area contributed by atoms with Crippen molar-refractivity contribution in [3.63, 3.8) is 0 Å². The monoisotopic (exact) mass is 228 g/mol. The molecule has 94 valence electrons. The molecule has 0 aliphatic carbocycles. The Labute approximate surface area is 98.1 Å². The summed E-state index contributed by atoms with van der Waals surface area (Å²) in [5.41, 5.74) is 6.26. The molecule has 16 heavy (non-hydrogen) atoms. The van der Waals surface area contributed by atoms with Crippen molar-refractivity contribution >= 4 is 0 Å². The van der Waals surface area contributed by atoms with Crippen LogP contribution in [0, 0.1) is 5.41 Å². The van der Waals surface area contributed by atoms with E-state index in [1.807, 2.05) is 0 Å². The summed E-state index contributed by atoms with van der Waals surface area (Å²) in [4.78, 5) is 2.51. The zero-order valence-corrected chi connectivity index (χ0v) is 10.3. The Morgan fingerprint density at radius 3 is 2.75 bits per heavy atom. The fourth-order valence-corrected chi connectivity index (χ4v) is 2.84. The average Bonchev–Trinajstić information content (AvgIpc) is 2.78. The summed E-state index contributed by atoms with van der Waals surface area (Å²) in [6.07, 6.45) is 3.80. The molecule has 0 aromatic heterocycles. The average molecular weight is 228 g/mol. The molecule has 2 aliphatic heterocycles. The molecule has 0 bridgehead atoms. The highest BCUT2D eigenvalue weighted by Gasteiger charge is 2.35. The van der Waals surface area contributed by atoms with E-state index in [9.17, 15) is 0 Å². The van der Waals surface area contributed by atoms with Crippen LogP contribution >= 0.6 is 0 Å². The van der Waals surface area contributed by atoms with Gasteiger partial charge in [0.05, 0.1) is 6.10 Å². The van der Waals surface area contributed by atoms with Crippen molar-refractivity contribution in [3.05, 3.63) is 0 Å². The predicted molar refractivity (Wildman–Crippen MR) is 63.4 cm³/mol. The van der Waals surface area contributed by atoms with Gasteiger partial charge in [-0.3, -0.25) is 0 Å². The van der Waals surface area contributed by atoms with E-state index in [1.54, 1.807) is 7.11 Å². The lowest BCUT2D eigenvalue weighted by atomic mass is 9.80. The highest BCUT2D eigenvalue weighted by Crippen LogP contribution is 2.31. The predicted octanol–water partition coefficient (Wildman–Crippen LogP) is 0.463. The highest BCUT2D eigenvalue weighted by atomic mass is 16.5. The molecule has 0 aromatic carbocycles. The van der Waals surface area contributed by atoms with Crippen molar-refractivity contribution in [2.45, 2.75) is 25.4 Å². The van der Waals surface area contributed by atoms with E-state index in [2.05, 4.69) is 4.90 Å². The lowest BCUT2D eigenvalue weighted by molar-refractivity contribution is 0.000856. The summed E-state index contributed by atoms with van der Waals surface area (Å²) < 4.78 is 10.8. The third kappa shape index (κ3) is 2.74. The molecule has 2 rings (SSSR count). The molecule has 1 atom stereocenters. The van der Waals surface area contributed by atoms with Crippen molar-refractivity contribution in [1.82, 2.24) is 4.90 Å². The molecule has 0 saturated carbocycles. The van der Waals surface area contributed by atoms with Crippen LogP contribution in [-0.2, 0) is 9.47 Å². The third-order valence-electron chi connectivity index (χ3n) is 4.11. The van der Waals surface area contributed by atoms with Gasteiger partial charge in [0.2, 0.25) is 0 Å². The van der Waals surface area contributed by atoms with Crippen LogP contribution in [0.1, 0.15) is 19.3 Å². The van der Waals surface area contributed by atoms with Crippen LogP contribution < -0.4 is 5.73 Å². The zero-order valence-electron chi connectivity index (χ0n) is 10.3. The minimum Gasteiger partial charge on any atom is -0.381 e. The Balaban J connectivity index is 1.86. The largest absolute Gasteiger partial charge is 0.381 e. The van der Waals surface area contributed by atoms with E-state index in [0.717, 1.165) is 58.7 Å². The Bertz CT molecular complexity index is 217. The van der Waals surface area contributed by atoms with Gasteiger partial charge >= 0.3 is 0 Å². The van der Waals surface area contributed by atoms with E-state index in [4.69, 9.17) is 15.2 Å². The first-order valence-corrected chi connectivity index (χ1v) is 6.31. The summed E-state index contributed by atoms with van der Waals surface area (Å²) >= 11 is 0. The standard InChI is InChI=1S/C12H24N2O2/c1-15-11-2-5-14(8-11)10-12(9-13)3-6-16-7-4-12/h11H,2-10,13H2,1H3. The Kier molecular flexibility index (Phi) is 4.19. The van der Waals surface area contributed by atoms with E-state index in [1.165, 1.54) is 0 Å². The molecule has 0 spiro atoms. The number of nitrogens with two attached hydrogens (primary N) is 1. The van der Waals surface area contributed by atoms with Gasteiger partial charge in [-0.05, 0) is 31.2 Å². The molecular weight excluding hydrogens is 204 g/mol. The van der Waals surface area contributed by atoms with E-state index in [0.29, 0.717) is 11.5 Å². The van der Waals surface area contributed by atoms with Gasteiger partial charge in [-0.15, -0.1) is 0 Å². The first-order valence-electron chi connectivity index (χ1n) is 6.31. The summed E-state index contributed by atoms with van der Waals surface area (Å²) in [7, 11) is 1.81. The summed E-state index contributed by atoms with van der Waals surface area (Å²) in [5, 5.41) is 0. The van der Waals surface area contributed by atoms with Crippen molar-refractivity contribution in [3.8, 4) is 0 Å². The fourth-order valence-electron chi connectivity index (χ4n) is 2.84. The molecule has 2 N–H and O–H groups in total. The second-order valence-corrected chi connectivity index (χ2v) is 5.20. The van der Waals surface area contributed by atoms with Crippen molar-refractivity contribution < 1.29 is 9.47 Å². The number of ether oxygens (including phenoxy) is 2. The number of likely N-dealkylation sites (tertiary alicyclic amines) is 1. The van der Waals surface area contributed by atoms with Gasteiger partial charge in [-0.25, -0.2) is 0 Å². The van der Waals surface area contributed by atoms with Crippen LogP contribution in [-0.4, -0.2) is 57.5 Å². The summed E-state index contributed by atoms with van der Waals surface area (Å²) in [6, 6.07) is 0. The number of hydrogen-bond acceptors (Lipinski definition) is 4. The van der Waals surface area contributed by atoms with Crippen molar-refractivity contribution in [2.75, 3.05) is 46.5 Å². The van der Waals surface area contributed by atoms with Crippen LogP contribution in [0.3, 0.4) is 0 Å². The van der Waals surface area contributed by atoms with Crippen LogP contribution in [0.4, 0.5) is 0 Å². The molecule has 2 saturated heterocycles. The fraction of sp³-hybridized carbons (Fsp3) is 1.00. The second kappa shape index (κ2) is 5.45. The number of hydrogen-bond donors (Lipinski definition) is 1. The molecule has 4 heteroatoms. The first-order chi connectivity index (χ1) is 7.78. The van der Waals surface area contributed by atoms with Crippen molar-refractivity contribution in [2.24, 2.45) is 11.1 Å². The molecule has 2 fully saturated rings. The quantitative estimate of drug-likeness (QED) is 0.759. The van der Waals surface area contributed by atoms with Gasteiger partial charge in [-0.1, -0.05) is 0 Å². The maximum Gasteiger partial charge on any atom is 0.0710 e. The lowest BCUT2D eigenvalue weighted by Gasteiger charge is -2.39. The molecule has 0 aromatic rings. The molecule has 0 amide bonds. The number of methoxy groups -OCH3 is 1. The Morgan fingerprint density at radius 2 is 2.19 bits per heavy atom. The molecule has 0 radical (unpaired) electrons. The maximum atomic E-state index is 5.97. The molecule has 2 heterocycles. The minimum absolute atomic E-state index is 0.293. The van der Waals surface area contributed by atoms with Crippen LogP contribution in [0.5, 0.6) is 0 Å². The van der Waals surface area contributed by atoms with Gasteiger partial charge in [-0.2, -0.15) is 0 Å². The normalized spacial score (nSPS) is 30.8. The molecule has 4 nitrogen and oxygen atoms in total. The van der Waals surface area contributed by atoms with Crippen LogP contribution in [0.25, 0.3) is 0 Å². The van der Waals surface area contributed by atoms with E-state index >= 15 is 0 Å². The smallest absolute Gasteiger partial charge is 0.0710 e. The topological polar surface area (TPSA) is 47.7 Å². The van der Waals surface area contributed by atoms with Gasteiger partial charge in [0.15, 0.2) is 0 Å². The Morgan fingerprint density at radius 1 is 1.44 bits per heavy atom. The Hall–Kier alpha value is -0.160. The second-order valence-electron chi connectivity index (χ2n) is 5.20. The minimum atomic E-state index is 0.293. The number of nitrogens with zero attached hydrogens (tertiary/aromatic N) is 1. The van der Waals surface area contributed by atoms with Gasteiger partial charge in [0, 0.05) is 40.0 Å². The van der Waals surface area contributed by atoms with Crippen LogP contribution in [0.15, 0.2) is 0 Å². The van der Waals surface area contributed by atoms with Gasteiger partial charge < -0.3 is 20.1 Å².